The number of carbonyl (C=O) groups is 1. The van der Waals surface area contributed by atoms with Gasteiger partial charge in [0.15, 0.2) is 0 Å². The molecule has 1 aromatic rings. The van der Waals surface area contributed by atoms with Crippen LogP contribution in [0.3, 0.4) is 0 Å². The molecule has 1 saturated carbocycles. The molecule has 2 aliphatic rings. The third-order valence-corrected chi connectivity index (χ3v) is 4.64. The SMILES string of the molecule is N[C@@H]1CC[C@H](C(=O)NC2Cc3ccccc3C2)C[C@H]1O. The van der Waals surface area contributed by atoms with E-state index in [-0.39, 0.29) is 23.9 Å². The van der Waals surface area contributed by atoms with Crippen molar-refractivity contribution in [2.45, 2.75) is 50.3 Å². The second-order valence-corrected chi connectivity index (χ2v) is 6.12. The zero-order chi connectivity index (χ0) is 14.1. The van der Waals surface area contributed by atoms with Gasteiger partial charge in [0.2, 0.25) is 5.91 Å². The van der Waals surface area contributed by atoms with E-state index >= 15 is 0 Å². The summed E-state index contributed by atoms with van der Waals surface area (Å²) in [6.07, 6.45) is 3.29. The first-order valence-electron chi connectivity index (χ1n) is 7.44. The molecular weight excluding hydrogens is 252 g/mol. The molecule has 0 bridgehead atoms. The summed E-state index contributed by atoms with van der Waals surface area (Å²) >= 11 is 0. The molecule has 0 heterocycles. The van der Waals surface area contributed by atoms with Gasteiger partial charge in [-0.2, -0.15) is 0 Å². The number of nitrogens with one attached hydrogen (secondary N) is 1. The average molecular weight is 274 g/mol. The van der Waals surface area contributed by atoms with Crippen molar-refractivity contribution >= 4 is 5.91 Å². The highest BCUT2D eigenvalue weighted by Crippen LogP contribution is 2.26. The van der Waals surface area contributed by atoms with Crippen molar-refractivity contribution in [3.05, 3.63) is 35.4 Å². The highest BCUT2D eigenvalue weighted by atomic mass is 16.3. The molecule has 0 spiro atoms. The maximum Gasteiger partial charge on any atom is 0.223 e. The maximum atomic E-state index is 12.3. The number of hydrogen-bond acceptors (Lipinski definition) is 3. The predicted octanol–water partition coefficient (Wildman–Crippen LogP) is 0.758. The predicted molar refractivity (Wildman–Crippen MR) is 77.1 cm³/mol. The summed E-state index contributed by atoms with van der Waals surface area (Å²) in [5, 5.41) is 12.9. The Labute approximate surface area is 119 Å². The number of fused-ring (bicyclic) bond motifs is 1. The van der Waals surface area contributed by atoms with Gasteiger partial charge in [0.25, 0.3) is 0 Å². The minimum absolute atomic E-state index is 0.0776. The van der Waals surface area contributed by atoms with Gasteiger partial charge < -0.3 is 16.2 Å². The van der Waals surface area contributed by atoms with Crippen LogP contribution in [-0.4, -0.2) is 29.2 Å². The molecule has 0 radical (unpaired) electrons. The molecule has 0 saturated heterocycles. The van der Waals surface area contributed by atoms with Crippen molar-refractivity contribution in [2.24, 2.45) is 11.7 Å². The van der Waals surface area contributed by atoms with Gasteiger partial charge in [0.1, 0.15) is 0 Å². The van der Waals surface area contributed by atoms with Crippen molar-refractivity contribution in [3.8, 4) is 0 Å². The summed E-state index contributed by atoms with van der Waals surface area (Å²) in [6, 6.07) is 8.38. The Morgan fingerprint density at radius 1 is 1.20 bits per heavy atom. The third-order valence-electron chi connectivity index (χ3n) is 4.64. The quantitative estimate of drug-likeness (QED) is 0.745. The molecule has 108 valence electrons. The Kier molecular flexibility index (Phi) is 3.76. The minimum atomic E-state index is -0.541. The van der Waals surface area contributed by atoms with Crippen molar-refractivity contribution in [1.82, 2.24) is 5.32 Å². The first-order chi connectivity index (χ1) is 9.63. The van der Waals surface area contributed by atoms with E-state index in [0.29, 0.717) is 6.42 Å². The summed E-state index contributed by atoms with van der Waals surface area (Å²) in [7, 11) is 0. The number of aliphatic hydroxyl groups is 1. The number of amides is 1. The molecule has 4 nitrogen and oxygen atoms in total. The molecule has 0 aliphatic heterocycles. The van der Waals surface area contributed by atoms with Crippen LogP contribution < -0.4 is 11.1 Å². The monoisotopic (exact) mass is 274 g/mol. The second kappa shape index (κ2) is 5.54. The van der Waals surface area contributed by atoms with Crippen molar-refractivity contribution in [1.29, 1.82) is 0 Å². The van der Waals surface area contributed by atoms with Crippen molar-refractivity contribution in [3.63, 3.8) is 0 Å². The van der Waals surface area contributed by atoms with E-state index in [0.717, 1.165) is 25.7 Å². The van der Waals surface area contributed by atoms with Gasteiger partial charge in [-0.3, -0.25) is 4.79 Å². The smallest absolute Gasteiger partial charge is 0.223 e. The lowest BCUT2D eigenvalue weighted by Crippen LogP contribution is -2.46. The van der Waals surface area contributed by atoms with Gasteiger partial charge in [-0.15, -0.1) is 0 Å². The highest BCUT2D eigenvalue weighted by Gasteiger charge is 2.32. The molecule has 0 unspecified atom stereocenters. The zero-order valence-corrected chi connectivity index (χ0v) is 11.6. The Bertz CT molecular complexity index is 478. The Morgan fingerprint density at radius 2 is 1.85 bits per heavy atom. The van der Waals surface area contributed by atoms with Gasteiger partial charge in [0.05, 0.1) is 6.10 Å². The summed E-state index contributed by atoms with van der Waals surface area (Å²) in [4.78, 5) is 12.3. The van der Waals surface area contributed by atoms with E-state index < -0.39 is 6.10 Å². The van der Waals surface area contributed by atoms with Gasteiger partial charge in [-0.05, 0) is 43.2 Å². The van der Waals surface area contributed by atoms with Gasteiger partial charge in [-0.25, -0.2) is 0 Å². The second-order valence-electron chi connectivity index (χ2n) is 6.12. The Hall–Kier alpha value is -1.39. The van der Waals surface area contributed by atoms with Gasteiger partial charge in [-0.1, -0.05) is 24.3 Å². The molecule has 2 aliphatic carbocycles. The highest BCUT2D eigenvalue weighted by molar-refractivity contribution is 5.79. The molecular formula is C16H22N2O2. The van der Waals surface area contributed by atoms with E-state index in [2.05, 4.69) is 17.4 Å². The summed E-state index contributed by atoms with van der Waals surface area (Å²) in [6.45, 7) is 0. The topological polar surface area (TPSA) is 75.4 Å². The zero-order valence-electron chi connectivity index (χ0n) is 11.6. The number of benzene rings is 1. The summed E-state index contributed by atoms with van der Waals surface area (Å²) in [5.74, 6) is -0.0118. The largest absolute Gasteiger partial charge is 0.391 e. The number of nitrogens with two attached hydrogens (primary N) is 1. The van der Waals surface area contributed by atoms with E-state index in [4.69, 9.17) is 5.73 Å². The molecule has 4 N–H and O–H groups in total. The lowest BCUT2D eigenvalue weighted by atomic mass is 9.83. The molecule has 3 rings (SSSR count). The lowest BCUT2D eigenvalue weighted by Gasteiger charge is -2.30. The van der Waals surface area contributed by atoms with Crippen LogP contribution in [-0.2, 0) is 17.6 Å². The number of hydrogen-bond donors (Lipinski definition) is 3. The van der Waals surface area contributed by atoms with Crippen LogP contribution in [0.5, 0.6) is 0 Å². The molecule has 0 aromatic heterocycles. The summed E-state index contributed by atoms with van der Waals surface area (Å²) in [5.41, 5.74) is 8.45. The van der Waals surface area contributed by atoms with Crippen LogP contribution in [0.25, 0.3) is 0 Å². The fourth-order valence-electron chi connectivity index (χ4n) is 3.39. The maximum absolute atomic E-state index is 12.3. The van der Waals surface area contributed by atoms with Gasteiger partial charge >= 0.3 is 0 Å². The molecule has 4 heteroatoms. The number of carbonyl (C=O) groups excluding carboxylic acids is 1. The van der Waals surface area contributed by atoms with Crippen LogP contribution in [0.15, 0.2) is 24.3 Å². The molecule has 1 aromatic carbocycles. The van der Waals surface area contributed by atoms with Crippen LogP contribution in [0, 0.1) is 5.92 Å². The van der Waals surface area contributed by atoms with Crippen LogP contribution in [0.2, 0.25) is 0 Å². The lowest BCUT2D eigenvalue weighted by molar-refractivity contribution is -0.128. The molecule has 1 fully saturated rings. The first-order valence-corrected chi connectivity index (χ1v) is 7.44. The van der Waals surface area contributed by atoms with Crippen LogP contribution >= 0.6 is 0 Å². The fraction of sp³-hybridized carbons (Fsp3) is 0.562. The first kappa shape index (κ1) is 13.6. The van der Waals surface area contributed by atoms with Crippen molar-refractivity contribution in [2.75, 3.05) is 0 Å². The Balaban J connectivity index is 1.56. The van der Waals surface area contributed by atoms with Crippen LogP contribution in [0.4, 0.5) is 0 Å². The molecule has 3 atom stereocenters. The molecule has 1 amide bonds. The van der Waals surface area contributed by atoms with Crippen LogP contribution in [0.1, 0.15) is 30.4 Å². The molecule has 20 heavy (non-hydrogen) atoms. The Morgan fingerprint density at radius 3 is 2.45 bits per heavy atom. The van der Waals surface area contributed by atoms with E-state index in [1.807, 2.05) is 12.1 Å². The van der Waals surface area contributed by atoms with Crippen molar-refractivity contribution < 1.29 is 9.90 Å². The fourth-order valence-corrected chi connectivity index (χ4v) is 3.39. The summed E-state index contributed by atoms with van der Waals surface area (Å²) < 4.78 is 0. The third kappa shape index (κ3) is 2.72. The standard InChI is InChI=1S/C16H22N2O2/c17-14-6-5-12(9-15(14)19)16(20)18-13-7-10-3-1-2-4-11(10)8-13/h1-4,12-15,19H,5-9,17H2,(H,18,20)/t12-,14+,15+/m0/s1. The van der Waals surface area contributed by atoms with E-state index in [9.17, 15) is 9.90 Å². The van der Waals surface area contributed by atoms with E-state index in [1.165, 1.54) is 11.1 Å². The van der Waals surface area contributed by atoms with Gasteiger partial charge in [0, 0.05) is 18.0 Å². The average Bonchev–Trinajstić information content (AvgIpc) is 2.83. The minimum Gasteiger partial charge on any atom is -0.391 e. The van der Waals surface area contributed by atoms with E-state index in [1.54, 1.807) is 0 Å². The normalized spacial score (nSPS) is 30.0. The number of aliphatic hydroxyl groups excluding tert-OH is 1. The number of rotatable bonds is 2.